The number of hydrogen-bond acceptors (Lipinski definition) is 5. The second-order valence-corrected chi connectivity index (χ2v) is 10.4. The third-order valence-corrected chi connectivity index (χ3v) is 8.06. The minimum Gasteiger partial charge on any atom is -0.354 e. The van der Waals surface area contributed by atoms with Crippen LogP contribution in [0.3, 0.4) is 0 Å². The van der Waals surface area contributed by atoms with Gasteiger partial charge in [0.25, 0.3) is 5.91 Å². The van der Waals surface area contributed by atoms with Gasteiger partial charge in [-0.05, 0) is 56.0 Å². The number of nitrogens with one attached hydrogen (secondary N) is 2. The van der Waals surface area contributed by atoms with Gasteiger partial charge in [0.05, 0.1) is 17.1 Å². The lowest BCUT2D eigenvalue weighted by atomic mass is 10.1. The first kappa shape index (κ1) is 22.3. The highest BCUT2D eigenvalue weighted by Gasteiger charge is 2.30. The van der Waals surface area contributed by atoms with Crippen molar-refractivity contribution < 1.29 is 18.0 Å². The van der Waals surface area contributed by atoms with Crippen LogP contribution in [0.25, 0.3) is 5.69 Å². The number of amides is 2. The Morgan fingerprint density at radius 3 is 2.74 bits per heavy atom. The third-order valence-electron chi connectivity index (χ3n) is 6.22. The Morgan fingerprint density at radius 1 is 1.12 bits per heavy atom. The fourth-order valence-corrected chi connectivity index (χ4v) is 5.96. The van der Waals surface area contributed by atoms with Crippen LogP contribution in [0.5, 0.6) is 0 Å². The molecule has 2 amide bonds. The zero-order chi connectivity index (χ0) is 23.9. The summed E-state index contributed by atoms with van der Waals surface area (Å²) < 4.78 is 29.0. The van der Waals surface area contributed by atoms with Gasteiger partial charge in [-0.1, -0.05) is 24.3 Å². The Labute approximate surface area is 197 Å². The number of carbonyl (C=O) groups excluding carboxylic acids is 2. The number of aromatic nitrogens is 2. The van der Waals surface area contributed by atoms with E-state index in [9.17, 15) is 18.0 Å². The molecule has 0 atom stereocenters. The Hall–Kier alpha value is -3.50. The number of sulfonamides is 1. The Bertz CT molecular complexity index is 1400. The molecule has 0 bridgehead atoms. The van der Waals surface area contributed by atoms with Crippen LogP contribution in [0.1, 0.15) is 33.7 Å². The molecule has 176 valence electrons. The number of para-hydroxylation sites is 1. The number of carbonyl (C=O) groups is 2. The number of hydrogen-bond donors (Lipinski definition) is 2. The summed E-state index contributed by atoms with van der Waals surface area (Å²) >= 11 is 0. The quantitative estimate of drug-likeness (QED) is 0.582. The van der Waals surface area contributed by atoms with Gasteiger partial charge in [-0.25, -0.2) is 13.1 Å². The Kier molecular flexibility index (Phi) is 5.70. The van der Waals surface area contributed by atoms with Gasteiger partial charge in [0.2, 0.25) is 15.9 Å². The summed E-state index contributed by atoms with van der Waals surface area (Å²) in [4.78, 5) is 24.9. The highest BCUT2D eigenvalue weighted by atomic mass is 32.2. The second-order valence-electron chi connectivity index (χ2n) is 8.50. The lowest BCUT2D eigenvalue weighted by Gasteiger charge is -2.26. The predicted octanol–water partition coefficient (Wildman–Crippen LogP) is 2.04. The average molecular weight is 480 g/mol. The van der Waals surface area contributed by atoms with Crippen molar-refractivity contribution in [3.8, 4) is 5.69 Å². The molecule has 0 saturated carbocycles. The van der Waals surface area contributed by atoms with Gasteiger partial charge in [-0.15, -0.1) is 0 Å². The molecule has 0 unspecified atom stereocenters. The standard InChI is InChI=1S/C24H25N5O4S/c1-16-6-2-3-10-20(16)29-21-11-5-9-19(21)23(27-29)24(31)26-17-7-4-8-18(14-17)34(32,33)28-13-12-25-22(30)15-28/h2-4,6-8,10,14H,5,9,11-13,15H2,1H3,(H,25,30)(H,26,31). The number of rotatable bonds is 5. The molecule has 3 aromatic rings. The van der Waals surface area contributed by atoms with Crippen LogP contribution in [0, 0.1) is 6.92 Å². The van der Waals surface area contributed by atoms with Crippen molar-refractivity contribution in [1.82, 2.24) is 19.4 Å². The molecule has 1 aliphatic carbocycles. The number of piperazine rings is 1. The highest BCUT2D eigenvalue weighted by Crippen LogP contribution is 2.29. The van der Waals surface area contributed by atoms with Crippen molar-refractivity contribution in [2.75, 3.05) is 25.0 Å². The summed E-state index contributed by atoms with van der Waals surface area (Å²) in [7, 11) is -3.86. The Balaban J connectivity index is 1.42. The van der Waals surface area contributed by atoms with Crippen LogP contribution in [0.2, 0.25) is 0 Å². The zero-order valence-corrected chi connectivity index (χ0v) is 19.6. The molecule has 2 heterocycles. The van der Waals surface area contributed by atoms with Gasteiger partial charge in [-0.3, -0.25) is 9.59 Å². The molecule has 0 spiro atoms. The molecular formula is C24H25N5O4S. The molecule has 34 heavy (non-hydrogen) atoms. The average Bonchev–Trinajstić information content (AvgIpc) is 3.43. The number of nitrogens with zero attached hydrogens (tertiary/aromatic N) is 3. The SMILES string of the molecule is Cc1ccccc1-n1nc(C(=O)Nc2cccc(S(=O)(=O)N3CCNC(=O)C3)c2)c2c1CCC2. The maximum Gasteiger partial charge on any atom is 0.276 e. The summed E-state index contributed by atoms with van der Waals surface area (Å²) in [6.07, 6.45) is 2.58. The number of benzene rings is 2. The van der Waals surface area contributed by atoms with Gasteiger partial charge in [0.1, 0.15) is 0 Å². The second kappa shape index (κ2) is 8.69. The predicted molar refractivity (Wildman–Crippen MR) is 126 cm³/mol. The lowest BCUT2D eigenvalue weighted by molar-refractivity contribution is -0.122. The maximum atomic E-state index is 13.2. The first-order valence-corrected chi connectivity index (χ1v) is 12.6. The van der Waals surface area contributed by atoms with Crippen LogP contribution in [-0.4, -0.2) is 54.0 Å². The maximum absolute atomic E-state index is 13.2. The van der Waals surface area contributed by atoms with E-state index < -0.39 is 10.0 Å². The van der Waals surface area contributed by atoms with Gasteiger partial charge >= 0.3 is 0 Å². The van der Waals surface area contributed by atoms with Crippen LogP contribution >= 0.6 is 0 Å². The number of anilines is 1. The molecule has 0 radical (unpaired) electrons. The van der Waals surface area contributed by atoms with Crippen molar-refractivity contribution in [1.29, 1.82) is 0 Å². The topological polar surface area (TPSA) is 113 Å². The van der Waals surface area contributed by atoms with Gasteiger partial charge < -0.3 is 10.6 Å². The monoisotopic (exact) mass is 479 g/mol. The molecule has 5 rings (SSSR count). The fourth-order valence-electron chi connectivity index (χ4n) is 4.51. The van der Waals surface area contributed by atoms with Gasteiger partial charge in [0, 0.05) is 30.0 Å². The van der Waals surface area contributed by atoms with Crippen molar-refractivity contribution in [3.63, 3.8) is 0 Å². The van der Waals surface area contributed by atoms with E-state index in [-0.39, 0.29) is 36.3 Å². The van der Waals surface area contributed by atoms with E-state index in [1.807, 2.05) is 35.9 Å². The van der Waals surface area contributed by atoms with E-state index in [0.717, 1.165) is 46.1 Å². The van der Waals surface area contributed by atoms with Crippen molar-refractivity contribution >= 4 is 27.5 Å². The molecule has 1 fully saturated rings. The van der Waals surface area contributed by atoms with Gasteiger partial charge in [0.15, 0.2) is 5.69 Å². The van der Waals surface area contributed by atoms with E-state index in [4.69, 9.17) is 0 Å². The first-order valence-electron chi connectivity index (χ1n) is 11.2. The largest absolute Gasteiger partial charge is 0.354 e. The van der Waals surface area contributed by atoms with Crippen molar-refractivity contribution in [2.24, 2.45) is 0 Å². The summed E-state index contributed by atoms with van der Waals surface area (Å²) in [6.45, 7) is 2.26. The van der Waals surface area contributed by atoms with E-state index >= 15 is 0 Å². The smallest absolute Gasteiger partial charge is 0.276 e. The van der Waals surface area contributed by atoms with E-state index in [1.54, 1.807) is 12.1 Å². The summed E-state index contributed by atoms with van der Waals surface area (Å²) in [5.74, 6) is -0.713. The van der Waals surface area contributed by atoms with E-state index in [0.29, 0.717) is 11.4 Å². The fraction of sp³-hybridized carbons (Fsp3) is 0.292. The number of aryl methyl sites for hydroxylation is 1. The number of fused-ring (bicyclic) bond motifs is 1. The Morgan fingerprint density at radius 2 is 1.94 bits per heavy atom. The molecule has 1 saturated heterocycles. The first-order chi connectivity index (χ1) is 16.3. The van der Waals surface area contributed by atoms with Crippen LogP contribution in [0.4, 0.5) is 5.69 Å². The minimum absolute atomic E-state index is 0.0238. The van der Waals surface area contributed by atoms with Crippen molar-refractivity contribution in [2.45, 2.75) is 31.1 Å². The summed E-state index contributed by atoms with van der Waals surface area (Å²) in [5.41, 5.74) is 4.69. The van der Waals surface area contributed by atoms with Crippen LogP contribution < -0.4 is 10.6 Å². The molecule has 2 aliphatic rings. The summed E-state index contributed by atoms with van der Waals surface area (Å²) in [5, 5.41) is 10.1. The highest BCUT2D eigenvalue weighted by molar-refractivity contribution is 7.89. The van der Waals surface area contributed by atoms with E-state index in [1.165, 1.54) is 12.1 Å². The zero-order valence-electron chi connectivity index (χ0n) is 18.7. The van der Waals surface area contributed by atoms with Crippen LogP contribution in [0.15, 0.2) is 53.4 Å². The minimum atomic E-state index is -3.86. The molecule has 10 heteroatoms. The van der Waals surface area contributed by atoms with E-state index in [2.05, 4.69) is 15.7 Å². The lowest BCUT2D eigenvalue weighted by Crippen LogP contribution is -2.49. The van der Waals surface area contributed by atoms with Gasteiger partial charge in [-0.2, -0.15) is 9.40 Å². The molecule has 1 aliphatic heterocycles. The molecule has 2 aromatic carbocycles. The molecule has 2 N–H and O–H groups in total. The molecule has 9 nitrogen and oxygen atoms in total. The van der Waals surface area contributed by atoms with Crippen LogP contribution in [-0.2, 0) is 27.7 Å². The summed E-state index contributed by atoms with van der Waals surface area (Å²) in [6, 6.07) is 14.0. The normalized spacial score (nSPS) is 16.2. The van der Waals surface area contributed by atoms with Crippen molar-refractivity contribution in [3.05, 3.63) is 71.0 Å². The third kappa shape index (κ3) is 3.99. The molecule has 1 aromatic heterocycles. The molecular weight excluding hydrogens is 454 g/mol.